The fraction of sp³-hybridized carbons (Fsp3) is 0.250. The molecule has 0 aliphatic heterocycles. The molecule has 0 bridgehead atoms. The van der Waals surface area contributed by atoms with E-state index in [2.05, 4.69) is 6.58 Å². The predicted molar refractivity (Wildman–Crippen MR) is 57.8 cm³/mol. The lowest BCUT2D eigenvalue weighted by molar-refractivity contribution is 0.112. The molecule has 1 aromatic carbocycles. The molecule has 0 aliphatic carbocycles. The molecular weight excluding hydrogens is 176 g/mol. The minimum atomic E-state index is 0.583. The second kappa shape index (κ2) is 4.09. The summed E-state index contributed by atoms with van der Waals surface area (Å²) in [6.45, 7) is 7.61. The van der Waals surface area contributed by atoms with E-state index in [0.29, 0.717) is 11.3 Å². The summed E-state index contributed by atoms with van der Waals surface area (Å²) in [5.41, 5.74) is 3.26. The van der Waals surface area contributed by atoms with E-state index in [4.69, 9.17) is 4.74 Å². The number of hydrogen-bond acceptors (Lipinski definition) is 2. The summed E-state index contributed by atoms with van der Waals surface area (Å²) in [5, 5.41) is 0. The number of rotatable bonds is 3. The Hall–Kier alpha value is -1.57. The summed E-state index contributed by atoms with van der Waals surface area (Å²) in [6.07, 6.45) is 0.815. The van der Waals surface area contributed by atoms with E-state index < -0.39 is 0 Å². The minimum absolute atomic E-state index is 0.583. The van der Waals surface area contributed by atoms with Crippen molar-refractivity contribution in [2.45, 2.75) is 13.8 Å². The second-order valence-corrected chi connectivity index (χ2v) is 3.28. The molecular formula is C12H14O2. The van der Waals surface area contributed by atoms with Gasteiger partial charge in [-0.05, 0) is 25.0 Å². The van der Waals surface area contributed by atoms with Crippen molar-refractivity contribution in [1.82, 2.24) is 0 Å². The van der Waals surface area contributed by atoms with Crippen LogP contribution in [-0.2, 0) is 0 Å². The van der Waals surface area contributed by atoms with E-state index in [1.165, 1.54) is 0 Å². The number of aldehydes is 1. The molecule has 0 amide bonds. The Bertz CT molecular complexity index is 378. The number of hydrogen-bond donors (Lipinski definition) is 0. The molecule has 2 heteroatoms. The minimum Gasteiger partial charge on any atom is -0.496 e. The molecule has 0 unspecified atom stereocenters. The Morgan fingerprint density at radius 1 is 1.50 bits per heavy atom. The summed E-state index contributed by atoms with van der Waals surface area (Å²) in [7, 11) is 1.57. The topological polar surface area (TPSA) is 26.3 Å². The molecule has 1 aromatic rings. The Kier molecular flexibility index (Phi) is 3.07. The van der Waals surface area contributed by atoms with Crippen molar-refractivity contribution in [3.8, 4) is 5.75 Å². The largest absolute Gasteiger partial charge is 0.496 e. The van der Waals surface area contributed by atoms with Gasteiger partial charge >= 0.3 is 0 Å². The van der Waals surface area contributed by atoms with E-state index in [-0.39, 0.29) is 0 Å². The fourth-order valence-corrected chi connectivity index (χ4v) is 1.47. The first-order valence-corrected chi connectivity index (χ1v) is 4.40. The van der Waals surface area contributed by atoms with Gasteiger partial charge in [0.25, 0.3) is 0 Å². The van der Waals surface area contributed by atoms with E-state index in [0.717, 1.165) is 23.0 Å². The molecule has 1 rings (SSSR count). The molecule has 0 spiro atoms. The van der Waals surface area contributed by atoms with Crippen molar-refractivity contribution >= 4 is 11.9 Å². The fourth-order valence-electron chi connectivity index (χ4n) is 1.47. The summed E-state index contributed by atoms with van der Waals surface area (Å²) >= 11 is 0. The zero-order valence-electron chi connectivity index (χ0n) is 8.76. The predicted octanol–water partition coefficient (Wildman–Crippen LogP) is 2.85. The number of carbonyl (C=O) groups is 1. The Morgan fingerprint density at radius 3 is 2.57 bits per heavy atom. The maximum atomic E-state index is 10.9. The molecule has 0 aliphatic rings. The van der Waals surface area contributed by atoms with Gasteiger partial charge in [-0.3, -0.25) is 4.79 Å². The maximum Gasteiger partial charge on any atom is 0.154 e. The monoisotopic (exact) mass is 190 g/mol. The van der Waals surface area contributed by atoms with Gasteiger partial charge in [-0.25, -0.2) is 0 Å². The van der Waals surface area contributed by atoms with Gasteiger partial charge in [0.1, 0.15) is 5.75 Å². The van der Waals surface area contributed by atoms with Gasteiger partial charge < -0.3 is 4.74 Å². The molecule has 0 heterocycles. The summed E-state index contributed by atoms with van der Waals surface area (Å²) in [5.74, 6) is 0.639. The molecule has 0 saturated heterocycles. The van der Waals surface area contributed by atoms with Crippen LogP contribution in [0, 0.1) is 6.92 Å². The zero-order chi connectivity index (χ0) is 10.7. The highest BCUT2D eigenvalue weighted by atomic mass is 16.5. The van der Waals surface area contributed by atoms with E-state index >= 15 is 0 Å². The molecule has 0 radical (unpaired) electrons. The van der Waals surface area contributed by atoms with Crippen molar-refractivity contribution in [3.05, 3.63) is 35.4 Å². The smallest absolute Gasteiger partial charge is 0.154 e. The molecule has 14 heavy (non-hydrogen) atoms. The van der Waals surface area contributed by atoms with Crippen molar-refractivity contribution < 1.29 is 9.53 Å². The molecule has 74 valence electrons. The highest BCUT2D eigenvalue weighted by molar-refractivity contribution is 5.88. The molecule has 0 atom stereocenters. The van der Waals surface area contributed by atoms with Gasteiger partial charge in [0.05, 0.1) is 12.7 Å². The lowest BCUT2D eigenvalue weighted by atomic mass is 9.99. The van der Waals surface area contributed by atoms with Crippen LogP contribution in [0.15, 0.2) is 18.7 Å². The molecule has 2 nitrogen and oxygen atoms in total. The van der Waals surface area contributed by atoms with Gasteiger partial charge in [-0.2, -0.15) is 0 Å². The number of ether oxygens (including phenoxy) is 1. The van der Waals surface area contributed by atoms with Crippen LogP contribution in [-0.4, -0.2) is 13.4 Å². The molecule has 0 saturated carbocycles. The molecule has 0 aromatic heterocycles. The Balaban J connectivity index is 3.48. The third-order valence-electron chi connectivity index (χ3n) is 2.17. The lowest BCUT2D eigenvalue weighted by Crippen LogP contribution is -1.97. The zero-order valence-corrected chi connectivity index (χ0v) is 8.76. The Morgan fingerprint density at radius 2 is 2.14 bits per heavy atom. The first-order valence-electron chi connectivity index (χ1n) is 4.40. The van der Waals surface area contributed by atoms with Crippen LogP contribution in [0.5, 0.6) is 5.75 Å². The summed E-state index contributed by atoms with van der Waals surface area (Å²) < 4.78 is 5.19. The normalized spacial score (nSPS) is 9.64. The van der Waals surface area contributed by atoms with Gasteiger partial charge in [0.15, 0.2) is 6.29 Å². The highest BCUT2D eigenvalue weighted by Gasteiger charge is 2.11. The summed E-state index contributed by atoms with van der Waals surface area (Å²) in [6, 6.07) is 3.82. The van der Waals surface area contributed by atoms with Crippen LogP contribution in [0.1, 0.15) is 28.4 Å². The first kappa shape index (κ1) is 10.5. The van der Waals surface area contributed by atoms with E-state index in [1.54, 1.807) is 7.11 Å². The molecule has 0 fully saturated rings. The SMILES string of the molecule is C=C(C)c1ccc(C)c(OC)c1C=O. The van der Waals surface area contributed by atoms with Gasteiger partial charge in [0.2, 0.25) is 0 Å². The van der Waals surface area contributed by atoms with Crippen LogP contribution in [0.25, 0.3) is 5.57 Å². The van der Waals surface area contributed by atoms with Crippen molar-refractivity contribution in [2.75, 3.05) is 7.11 Å². The maximum absolute atomic E-state index is 10.9. The second-order valence-electron chi connectivity index (χ2n) is 3.28. The van der Waals surface area contributed by atoms with Crippen LogP contribution < -0.4 is 4.74 Å². The van der Waals surface area contributed by atoms with Crippen molar-refractivity contribution in [3.63, 3.8) is 0 Å². The van der Waals surface area contributed by atoms with Crippen LogP contribution in [0.3, 0.4) is 0 Å². The quantitative estimate of drug-likeness (QED) is 0.685. The van der Waals surface area contributed by atoms with E-state index in [1.807, 2.05) is 26.0 Å². The van der Waals surface area contributed by atoms with Crippen molar-refractivity contribution in [1.29, 1.82) is 0 Å². The average Bonchev–Trinajstić information content (AvgIpc) is 2.16. The van der Waals surface area contributed by atoms with Gasteiger partial charge in [0, 0.05) is 0 Å². The Labute approximate surface area is 84.2 Å². The lowest BCUT2D eigenvalue weighted by Gasteiger charge is -2.11. The third-order valence-corrected chi connectivity index (χ3v) is 2.17. The average molecular weight is 190 g/mol. The van der Waals surface area contributed by atoms with Crippen molar-refractivity contribution in [2.24, 2.45) is 0 Å². The van der Waals surface area contributed by atoms with Crippen LogP contribution in [0.4, 0.5) is 0 Å². The number of methoxy groups -OCH3 is 1. The first-order chi connectivity index (χ1) is 6.61. The number of benzene rings is 1. The highest BCUT2D eigenvalue weighted by Crippen LogP contribution is 2.28. The van der Waals surface area contributed by atoms with Gasteiger partial charge in [-0.15, -0.1) is 0 Å². The number of aryl methyl sites for hydroxylation is 1. The standard InChI is InChI=1S/C12H14O2/c1-8(2)10-6-5-9(3)12(14-4)11(10)7-13/h5-7H,1H2,2-4H3. The van der Waals surface area contributed by atoms with Crippen LogP contribution >= 0.6 is 0 Å². The van der Waals surface area contributed by atoms with E-state index in [9.17, 15) is 4.79 Å². The summed E-state index contributed by atoms with van der Waals surface area (Å²) in [4.78, 5) is 10.9. The molecule has 0 N–H and O–H groups in total. The van der Waals surface area contributed by atoms with Crippen LogP contribution in [0.2, 0.25) is 0 Å². The third kappa shape index (κ3) is 1.69. The number of allylic oxidation sites excluding steroid dienone is 1. The van der Waals surface area contributed by atoms with Gasteiger partial charge in [-0.1, -0.05) is 24.3 Å². The number of carbonyl (C=O) groups excluding carboxylic acids is 1.